The van der Waals surface area contributed by atoms with E-state index >= 15 is 0 Å². The van der Waals surface area contributed by atoms with Crippen LogP contribution in [-0.4, -0.2) is 16.8 Å². The lowest BCUT2D eigenvalue weighted by Crippen LogP contribution is -2.13. The van der Waals surface area contributed by atoms with Gasteiger partial charge in [-0.25, -0.2) is 9.37 Å². The van der Waals surface area contributed by atoms with E-state index in [0.717, 1.165) is 6.07 Å². The van der Waals surface area contributed by atoms with Crippen LogP contribution in [0.25, 0.3) is 10.8 Å². The average molecular weight is 345 g/mol. The first-order valence-electron chi connectivity index (χ1n) is 6.91. The molecule has 6 nitrogen and oxygen atoms in total. The van der Waals surface area contributed by atoms with Crippen LogP contribution in [0.4, 0.5) is 15.8 Å². The van der Waals surface area contributed by atoms with Crippen molar-refractivity contribution in [3.63, 3.8) is 0 Å². The Balaban J connectivity index is 1.76. The molecule has 0 radical (unpaired) electrons. The summed E-state index contributed by atoms with van der Waals surface area (Å²) in [7, 11) is 0. The predicted molar refractivity (Wildman–Crippen MR) is 88.5 cm³/mol. The summed E-state index contributed by atoms with van der Waals surface area (Å²) >= 11 is 1.28. The number of hydrogen-bond donors (Lipinski definition) is 2. The van der Waals surface area contributed by atoms with Crippen LogP contribution >= 0.6 is 11.3 Å². The maximum atomic E-state index is 13.6. The van der Waals surface area contributed by atoms with Crippen molar-refractivity contribution in [3.8, 4) is 10.8 Å². The van der Waals surface area contributed by atoms with E-state index in [-0.39, 0.29) is 11.4 Å². The first kappa shape index (κ1) is 15.9. The molecule has 0 fully saturated rings. The highest BCUT2D eigenvalue weighted by molar-refractivity contribution is 7.13. The number of rotatable bonds is 4. The zero-order valence-corrected chi connectivity index (χ0v) is 13.3. The molecule has 3 aromatic rings. The normalized spacial score (nSPS) is 10.4. The van der Waals surface area contributed by atoms with Gasteiger partial charge in [0.2, 0.25) is 5.91 Å². The molecule has 0 spiro atoms. The molecule has 2 aromatic heterocycles. The third kappa shape index (κ3) is 3.49. The van der Waals surface area contributed by atoms with E-state index < -0.39 is 17.6 Å². The van der Waals surface area contributed by atoms with Crippen molar-refractivity contribution >= 4 is 34.5 Å². The molecule has 0 saturated heterocycles. The van der Waals surface area contributed by atoms with Gasteiger partial charge in [-0.1, -0.05) is 0 Å². The monoisotopic (exact) mass is 345 g/mol. The Morgan fingerprint density at radius 2 is 2.08 bits per heavy atom. The first-order valence-corrected chi connectivity index (χ1v) is 7.79. The summed E-state index contributed by atoms with van der Waals surface area (Å²) in [6.45, 7) is 1.27. The minimum Gasteiger partial charge on any atom is -0.462 e. The van der Waals surface area contributed by atoms with Gasteiger partial charge in [0.1, 0.15) is 11.5 Å². The summed E-state index contributed by atoms with van der Waals surface area (Å²) in [4.78, 5) is 27.5. The number of hydrogen-bond acceptors (Lipinski definition) is 5. The van der Waals surface area contributed by atoms with Crippen LogP contribution in [0, 0.1) is 5.82 Å². The maximum absolute atomic E-state index is 13.6. The van der Waals surface area contributed by atoms with Gasteiger partial charge in [-0.15, -0.1) is 11.3 Å². The number of carbonyl (C=O) groups excluding carboxylic acids is 2. The topological polar surface area (TPSA) is 84.2 Å². The minimum absolute atomic E-state index is 0.00477. The van der Waals surface area contributed by atoms with E-state index in [0.29, 0.717) is 16.5 Å². The van der Waals surface area contributed by atoms with Crippen molar-refractivity contribution in [1.29, 1.82) is 0 Å². The molecular weight excluding hydrogens is 333 g/mol. The number of benzene rings is 1. The van der Waals surface area contributed by atoms with Gasteiger partial charge in [0.15, 0.2) is 10.8 Å². The Hall–Kier alpha value is -3.00. The number of thiazole rings is 1. The highest BCUT2D eigenvalue weighted by Crippen LogP contribution is 2.25. The van der Waals surface area contributed by atoms with Crippen molar-refractivity contribution in [1.82, 2.24) is 4.98 Å². The Morgan fingerprint density at radius 3 is 2.79 bits per heavy atom. The molecule has 0 unspecified atom stereocenters. The number of halogens is 1. The van der Waals surface area contributed by atoms with E-state index in [1.54, 1.807) is 17.5 Å². The van der Waals surface area contributed by atoms with Gasteiger partial charge in [0, 0.05) is 18.0 Å². The lowest BCUT2D eigenvalue weighted by Gasteiger charge is -2.08. The number of nitrogens with zero attached hydrogens (tertiary/aromatic N) is 1. The van der Waals surface area contributed by atoms with E-state index in [1.165, 1.54) is 36.7 Å². The van der Waals surface area contributed by atoms with E-state index in [9.17, 15) is 14.0 Å². The largest absolute Gasteiger partial charge is 0.462 e. The first-order chi connectivity index (χ1) is 11.5. The molecular formula is C16H12FN3O3S. The highest BCUT2D eigenvalue weighted by atomic mass is 32.1. The molecule has 2 amide bonds. The molecule has 24 heavy (non-hydrogen) atoms. The second-order valence-electron chi connectivity index (χ2n) is 4.85. The van der Waals surface area contributed by atoms with Crippen molar-refractivity contribution in [2.45, 2.75) is 6.92 Å². The number of anilines is 2. The highest BCUT2D eigenvalue weighted by Gasteiger charge is 2.14. The van der Waals surface area contributed by atoms with Crippen LogP contribution in [0.15, 0.2) is 46.4 Å². The fourth-order valence-electron chi connectivity index (χ4n) is 1.98. The molecule has 122 valence electrons. The van der Waals surface area contributed by atoms with Gasteiger partial charge in [-0.05, 0) is 30.3 Å². The molecule has 8 heteroatoms. The Kier molecular flexibility index (Phi) is 4.39. The number of nitrogens with one attached hydrogen (secondary N) is 2. The van der Waals surface area contributed by atoms with E-state index in [4.69, 9.17) is 4.42 Å². The lowest BCUT2D eigenvalue weighted by molar-refractivity contribution is -0.114. The Bertz CT molecular complexity index is 890. The second-order valence-corrected chi connectivity index (χ2v) is 5.70. The van der Waals surface area contributed by atoms with Crippen LogP contribution in [0.1, 0.15) is 17.4 Å². The zero-order chi connectivity index (χ0) is 17.1. The van der Waals surface area contributed by atoms with Crippen molar-refractivity contribution in [2.24, 2.45) is 0 Å². The van der Waals surface area contributed by atoms with Gasteiger partial charge in [-0.2, -0.15) is 0 Å². The smallest absolute Gasteiger partial charge is 0.275 e. The van der Waals surface area contributed by atoms with Crippen LogP contribution in [0.3, 0.4) is 0 Å². The number of amides is 2. The van der Waals surface area contributed by atoms with Crippen LogP contribution in [0.2, 0.25) is 0 Å². The quantitative estimate of drug-likeness (QED) is 0.754. The molecule has 0 atom stereocenters. The summed E-state index contributed by atoms with van der Waals surface area (Å²) < 4.78 is 18.8. The van der Waals surface area contributed by atoms with E-state index in [1.807, 2.05) is 0 Å². The third-order valence-corrected chi connectivity index (χ3v) is 3.86. The zero-order valence-electron chi connectivity index (χ0n) is 12.5. The maximum Gasteiger partial charge on any atom is 0.275 e. The van der Waals surface area contributed by atoms with Crippen LogP contribution in [0.5, 0.6) is 0 Å². The van der Waals surface area contributed by atoms with Crippen LogP contribution < -0.4 is 10.6 Å². The predicted octanol–water partition coefficient (Wildman–Crippen LogP) is 3.75. The number of furan rings is 1. The fourth-order valence-corrected chi connectivity index (χ4v) is 2.74. The summed E-state index contributed by atoms with van der Waals surface area (Å²) in [5.41, 5.74) is 0.560. The number of carbonyl (C=O) groups is 2. The van der Waals surface area contributed by atoms with Gasteiger partial charge in [-0.3, -0.25) is 9.59 Å². The molecule has 2 N–H and O–H groups in total. The van der Waals surface area contributed by atoms with Crippen molar-refractivity contribution in [3.05, 3.63) is 53.5 Å². The van der Waals surface area contributed by atoms with E-state index in [2.05, 4.69) is 15.6 Å². The fraction of sp³-hybridized carbons (Fsp3) is 0.0625. The minimum atomic E-state index is -0.586. The molecule has 2 heterocycles. The molecule has 3 rings (SSSR count). The molecule has 1 aromatic carbocycles. The SMILES string of the molecule is CC(=O)Nc1cc(NC(=O)c2csc(-c3ccco3)n2)ccc1F. The summed E-state index contributed by atoms with van der Waals surface area (Å²) in [6.07, 6.45) is 1.53. The lowest BCUT2D eigenvalue weighted by atomic mass is 10.2. The molecule has 0 saturated carbocycles. The van der Waals surface area contributed by atoms with Gasteiger partial charge in [0.05, 0.1) is 12.0 Å². The summed E-state index contributed by atoms with van der Waals surface area (Å²) in [6, 6.07) is 7.39. The Morgan fingerprint density at radius 1 is 1.25 bits per heavy atom. The molecule has 0 aliphatic heterocycles. The van der Waals surface area contributed by atoms with Crippen molar-refractivity contribution < 1.29 is 18.4 Å². The van der Waals surface area contributed by atoms with Gasteiger partial charge in [0.25, 0.3) is 5.91 Å². The van der Waals surface area contributed by atoms with Crippen molar-refractivity contribution in [2.75, 3.05) is 10.6 Å². The summed E-state index contributed by atoms with van der Waals surface area (Å²) in [5.74, 6) is -0.852. The molecule has 0 aliphatic rings. The van der Waals surface area contributed by atoms with Gasteiger partial charge >= 0.3 is 0 Å². The van der Waals surface area contributed by atoms with Gasteiger partial charge < -0.3 is 15.1 Å². The average Bonchev–Trinajstić information content (AvgIpc) is 3.20. The standard InChI is InChI=1S/C16H12FN3O3S/c1-9(21)18-12-7-10(4-5-11(12)17)19-15(22)13-8-24-16(20-13)14-3-2-6-23-14/h2-8H,1H3,(H,18,21)(H,19,22). The Labute approximate surface area is 140 Å². The molecule has 0 bridgehead atoms. The number of aromatic nitrogens is 1. The molecule has 0 aliphatic carbocycles. The summed E-state index contributed by atoms with van der Waals surface area (Å²) in [5, 5.41) is 7.16. The second kappa shape index (κ2) is 6.63. The van der Waals surface area contributed by atoms with Crippen LogP contribution in [-0.2, 0) is 4.79 Å². The third-order valence-electron chi connectivity index (χ3n) is 3.00.